The molecule has 2 aromatic rings. The Kier molecular flexibility index (Phi) is 3.31. The van der Waals surface area contributed by atoms with Crippen molar-refractivity contribution in [1.29, 1.82) is 0 Å². The number of anilines is 1. The van der Waals surface area contributed by atoms with Gasteiger partial charge in [0.25, 0.3) is 6.01 Å². The number of oxazole rings is 1. The van der Waals surface area contributed by atoms with Gasteiger partial charge in [-0.05, 0) is 31.0 Å². The Bertz CT molecular complexity index is 633. The molecule has 0 atom stereocenters. The summed E-state index contributed by atoms with van der Waals surface area (Å²) in [6.07, 6.45) is 2.26. The van der Waals surface area contributed by atoms with Crippen molar-refractivity contribution in [3.8, 4) is 0 Å². The van der Waals surface area contributed by atoms with Gasteiger partial charge in [-0.2, -0.15) is 4.98 Å². The molecule has 1 fully saturated rings. The molecule has 6 nitrogen and oxygen atoms in total. The van der Waals surface area contributed by atoms with E-state index in [-0.39, 0.29) is 5.56 Å². The number of fused-ring (bicyclic) bond motifs is 1. The third-order valence-corrected chi connectivity index (χ3v) is 3.39. The molecule has 1 heterocycles. The average Bonchev–Trinajstić information content (AvgIpc) is 3.17. The molecule has 0 spiro atoms. The first-order valence-corrected chi connectivity index (χ1v) is 6.58. The van der Waals surface area contributed by atoms with E-state index in [4.69, 9.17) is 14.3 Å². The van der Waals surface area contributed by atoms with Crippen LogP contribution in [0.1, 0.15) is 23.2 Å². The number of carbonyl (C=O) groups is 1. The second-order valence-electron chi connectivity index (χ2n) is 4.90. The standard InChI is InChI=1S/C14H16N2O4/c1-19-7-6-16(10-3-4-10)14-15-11-5-2-9(13(17)18)8-12(11)20-14/h2,5,8,10H,3-4,6-7H2,1H3,(H,17,18). The molecule has 6 heteroatoms. The van der Waals surface area contributed by atoms with Crippen LogP contribution in [0.4, 0.5) is 6.01 Å². The molecule has 0 bridgehead atoms. The van der Waals surface area contributed by atoms with E-state index in [9.17, 15) is 4.79 Å². The second kappa shape index (κ2) is 5.13. The molecule has 0 saturated heterocycles. The lowest BCUT2D eigenvalue weighted by atomic mass is 10.2. The van der Waals surface area contributed by atoms with Crippen LogP contribution in [0.3, 0.4) is 0 Å². The topological polar surface area (TPSA) is 75.8 Å². The average molecular weight is 276 g/mol. The van der Waals surface area contributed by atoms with Gasteiger partial charge in [0, 0.05) is 19.7 Å². The second-order valence-corrected chi connectivity index (χ2v) is 4.90. The number of ether oxygens (including phenoxy) is 1. The van der Waals surface area contributed by atoms with Crippen molar-refractivity contribution in [3.05, 3.63) is 23.8 Å². The van der Waals surface area contributed by atoms with Crippen LogP contribution < -0.4 is 4.90 Å². The first-order chi connectivity index (χ1) is 9.69. The summed E-state index contributed by atoms with van der Waals surface area (Å²) in [5.74, 6) is -0.969. The molecule has 0 unspecified atom stereocenters. The van der Waals surface area contributed by atoms with Crippen LogP contribution in [0, 0.1) is 0 Å². The Balaban J connectivity index is 1.92. The highest BCUT2D eigenvalue weighted by molar-refractivity contribution is 5.92. The Hall–Kier alpha value is -2.08. The van der Waals surface area contributed by atoms with Crippen LogP contribution >= 0.6 is 0 Å². The van der Waals surface area contributed by atoms with Crippen molar-refractivity contribution < 1.29 is 19.1 Å². The quantitative estimate of drug-likeness (QED) is 0.871. The third-order valence-electron chi connectivity index (χ3n) is 3.39. The summed E-state index contributed by atoms with van der Waals surface area (Å²) < 4.78 is 10.8. The zero-order chi connectivity index (χ0) is 14.1. The number of carboxylic acids is 1. The molecular formula is C14H16N2O4. The van der Waals surface area contributed by atoms with Crippen LogP contribution in [0.15, 0.2) is 22.6 Å². The van der Waals surface area contributed by atoms with Crippen molar-refractivity contribution >= 4 is 23.1 Å². The van der Waals surface area contributed by atoms with Gasteiger partial charge in [-0.1, -0.05) is 0 Å². The Morgan fingerprint density at radius 1 is 1.55 bits per heavy atom. The van der Waals surface area contributed by atoms with Gasteiger partial charge in [0.2, 0.25) is 0 Å². The zero-order valence-corrected chi connectivity index (χ0v) is 11.2. The number of hydrogen-bond acceptors (Lipinski definition) is 5. The number of nitrogens with zero attached hydrogens (tertiary/aromatic N) is 2. The summed E-state index contributed by atoms with van der Waals surface area (Å²) in [6, 6.07) is 5.72. The molecule has 1 aromatic carbocycles. The number of benzene rings is 1. The van der Waals surface area contributed by atoms with Crippen molar-refractivity contribution in [2.45, 2.75) is 18.9 Å². The molecule has 3 rings (SSSR count). The van der Waals surface area contributed by atoms with Crippen LogP contribution in [0.2, 0.25) is 0 Å². The molecule has 0 radical (unpaired) electrons. The summed E-state index contributed by atoms with van der Waals surface area (Å²) in [4.78, 5) is 17.5. The van der Waals surface area contributed by atoms with E-state index in [0.717, 1.165) is 19.4 Å². The van der Waals surface area contributed by atoms with Gasteiger partial charge in [-0.15, -0.1) is 0 Å². The van der Waals surface area contributed by atoms with Crippen LogP contribution in [0.25, 0.3) is 11.1 Å². The summed E-state index contributed by atoms with van der Waals surface area (Å²) in [6.45, 7) is 1.33. The van der Waals surface area contributed by atoms with Crippen molar-refractivity contribution in [2.24, 2.45) is 0 Å². The first kappa shape index (κ1) is 12.9. The van der Waals surface area contributed by atoms with Gasteiger partial charge >= 0.3 is 5.97 Å². The highest BCUT2D eigenvalue weighted by Crippen LogP contribution is 2.32. The Labute approximate surface area is 116 Å². The normalized spacial score (nSPS) is 14.7. The fraction of sp³-hybridized carbons (Fsp3) is 0.429. The monoisotopic (exact) mass is 276 g/mol. The van der Waals surface area contributed by atoms with Gasteiger partial charge in [-0.3, -0.25) is 0 Å². The number of aromatic carboxylic acids is 1. The highest BCUT2D eigenvalue weighted by Gasteiger charge is 2.32. The van der Waals surface area contributed by atoms with Crippen molar-refractivity contribution in [3.63, 3.8) is 0 Å². The number of carboxylic acid groups (broad SMARTS) is 1. The minimum Gasteiger partial charge on any atom is -0.478 e. The Morgan fingerprint density at radius 3 is 3.00 bits per heavy atom. The number of rotatable bonds is 6. The van der Waals surface area contributed by atoms with E-state index < -0.39 is 5.97 Å². The molecule has 1 saturated carbocycles. The molecule has 0 aliphatic heterocycles. The molecule has 1 aromatic heterocycles. The van der Waals surface area contributed by atoms with E-state index in [1.807, 2.05) is 0 Å². The molecule has 1 aliphatic rings. The Morgan fingerprint density at radius 2 is 2.35 bits per heavy atom. The maximum absolute atomic E-state index is 11.0. The smallest absolute Gasteiger partial charge is 0.335 e. The van der Waals surface area contributed by atoms with Crippen LogP contribution in [-0.2, 0) is 4.74 Å². The zero-order valence-electron chi connectivity index (χ0n) is 11.2. The van der Waals surface area contributed by atoms with E-state index >= 15 is 0 Å². The minimum absolute atomic E-state index is 0.204. The third kappa shape index (κ3) is 2.46. The first-order valence-electron chi connectivity index (χ1n) is 6.58. The van der Waals surface area contributed by atoms with Gasteiger partial charge in [0.15, 0.2) is 5.58 Å². The largest absolute Gasteiger partial charge is 0.478 e. The number of hydrogen-bond donors (Lipinski definition) is 1. The fourth-order valence-electron chi connectivity index (χ4n) is 2.18. The lowest BCUT2D eigenvalue weighted by molar-refractivity contribution is 0.0697. The molecule has 1 N–H and O–H groups in total. The predicted octanol–water partition coefficient (Wildman–Crippen LogP) is 2.14. The molecule has 0 amide bonds. The van der Waals surface area contributed by atoms with E-state index in [1.165, 1.54) is 12.1 Å². The maximum Gasteiger partial charge on any atom is 0.335 e. The van der Waals surface area contributed by atoms with Gasteiger partial charge in [0.1, 0.15) is 5.52 Å². The van der Waals surface area contributed by atoms with Crippen molar-refractivity contribution in [2.75, 3.05) is 25.2 Å². The summed E-state index contributed by atoms with van der Waals surface area (Å²) in [5.41, 5.74) is 1.38. The van der Waals surface area contributed by atoms with Crippen LogP contribution in [0.5, 0.6) is 0 Å². The van der Waals surface area contributed by atoms with E-state index in [0.29, 0.717) is 29.8 Å². The van der Waals surface area contributed by atoms with Gasteiger partial charge < -0.3 is 19.2 Å². The lowest BCUT2D eigenvalue weighted by Crippen LogP contribution is -2.29. The number of methoxy groups -OCH3 is 1. The SMILES string of the molecule is COCCN(c1nc2ccc(C(=O)O)cc2o1)C1CC1. The van der Waals surface area contributed by atoms with Crippen molar-refractivity contribution in [1.82, 2.24) is 4.98 Å². The molecule has 1 aliphatic carbocycles. The fourth-order valence-corrected chi connectivity index (χ4v) is 2.18. The molecule has 106 valence electrons. The summed E-state index contributed by atoms with van der Waals surface area (Å²) in [5, 5.41) is 8.99. The van der Waals surface area contributed by atoms with Crippen LogP contribution in [-0.4, -0.2) is 42.4 Å². The van der Waals surface area contributed by atoms with Gasteiger partial charge in [-0.25, -0.2) is 4.79 Å². The highest BCUT2D eigenvalue weighted by atomic mass is 16.5. The van der Waals surface area contributed by atoms with Gasteiger partial charge in [0.05, 0.1) is 12.2 Å². The number of aromatic nitrogens is 1. The lowest BCUT2D eigenvalue weighted by Gasteiger charge is -2.19. The van der Waals surface area contributed by atoms with E-state index in [1.54, 1.807) is 13.2 Å². The summed E-state index contributed by atoms with van der Waals surface area (Å²) in [7, 11) is 1.66. The summed E-state index contributed by atoms with van der Waals surface area (Å²) >= 11 is 0. The maximum atomic E-state index is 11.0. The molecular weight excluding hydrogens is 260 g/mol. The van der Waals surface area contributed by atoms with E-state index in [2.05, 4.69) is 9.88 Å². The molecule has 20 heavy (non-hydrogen) atoms. The predicted molar refractivity (Wildman–Crippen MR) is 73.2 cm³/mol. The minimum atomic E-state index is -0.969.